The molecule has 0 atom stereocenters. The molecule has 0 aliphatic heterocycles. The summed E-state index contributed by atoms with van der Waals surface area (Å²) in [6, 6.07) is 9.55. The summed E-state index contributed by atoms with van der Waals surface area (Å²) in [5, 5.41) is 0. The van der Waals surface area contributed by atoms with Crippen LogP contribution < -0.4 is 11.2 Å². The van der Waals surface area contributed by atoms with Gasteiger partial charge in [-0.25, -0.2) is 5.48 Å². The summed E-state index contributed by atoms with van der Waals surface area (Å²) in [6.45, 7) is 0.293. The Hall–Kier alpha value is -1.39. The molecule has 70 valence electrons. The zero-order valence-electron chi connectivity index (χ0n) is 7.19. The Morgan fingerprint density at radius 3 is 2.69 bits per heavy atom. The molecule has 0 spiro atoms. The van der Waals surface area contributed by atoms with Crippen LogP contribution in [0.5, 0.6) is 0 Å². The zero-order chi connectivity index (χ0) is 9.52. The second-order valence-electron chi connectivity index (χ2n) is 2.50. The number of amides is 1. The Balaban J connectivity index is 2.24. The largest absolute Gasteiger partial charge is 0.322 e. The first kappa shape index (κ1) is 9.70. The molecule has 0 aliphatic carbocycles. The molecule has 0 radical (unpaired) electrons. The minimum atomic E-state index is -0.323. The van der Waals surface area contributed by atoms with Crippen LogP contribution in [0.1, 0.15) is 5.56 Å². The van der Waals surface area contributed by atoms with E-state index in [2.05, 4.69) is 5.48 Å². The van der Waals surface area contributed by atoms with Crippen LogP contribution in [0, 0.1) is 0 Å². The SMILES string of the molecule is NCC(=O)NOCc1ccccc1. The maximum absolute atomic E-state index is 10.6. The molecule has 0 saturated carbocycles. The summed E-state index contributed by atoms with van der Waals surface area (Å²) in [4.78, 5) is 15.5. The highest BCUT2D eigenvalue weighted by Crippen LogP contribution is 1.98. The first-order valence-corrected chi connectivity index (χ1v) is 3.97. The molecule has 0 unspecified atom stereocenters. The van der Waals surface area contributed by atoms with Crippen molar-refractivity contribution in [1.29, 1.82) is 0 Å². The fourth-order valence-electron chi connectivity index (χ4n) is 0.816. The normalized spacial score (nSPS) is 9.62. The molecule has 0 aromatic heterocycles. The van der Waals surface area contributed by atoms with E-state index in [1.54, 1.807) is 0 Å². The van der Waals surface area contributed by atoms with Gasteiger partial charge in [0.05, 0.1) is 13.2 Å². The van der Waals surface area contributed by atoms with Crippen molar-refractivity contribution in [1.82, 2.24) is 5.48 Å². The highest BCUT2D eigenvalue weighted by atomic mass is 16.6. The predicted molar refractivity (Wildman–Crippen MR) is 48.4 cm³/mol. The predicted octanol–water partition coefficient (Wildman–Crippen LogP) is 0.193. The summed E-state index contributed by atoms with van der Waals surface area (Å²) < 4.78 is 0. The summed E-state index contributed by atoms with van der Waals surface area (Å²) in [5.41, 5.74) is 8.28. The number of nitrogens with one attached hydrogen (secondary N) is 1. The number of hydrogen-bond acceptors (Lipinski definition) is 3. The van der Waals surface area contributed by atoms with Crippen molar-refractivity contribution in [3.63, 3.8) is 0 Å². The van der Waals surface area contributed by atoms with Gasteiger partial charge in [-0.3, -0.25) is 9.63 Å². The quantitative estimate of drug-likeness (QED) is 0.650. The van der Waals surface area contributed by atoms with Gasteiger partial charge in [-0.1, -0.05) is 30.3 Å². The average molecular weight is 180 g/mol. The maximum atomic E-state index is 10.6. The number of hydroxylamine groups is 1. The molecule has 1 rings (SSSR count). The molecule has 1 aromatic rings. The second-order valence-corrected chi connectivity index (χ2v) is 2.50. The van der Waals surface area contributed by atoms with Gasteiger partial charge in [-0.15, -0.1) is 0 Å². The van der Waals surface area contributed by atoms with Crippen molar-refractivity contribution >= 4 is 5.91 Å². The average Bonchev–Trinajstić information content (AvgIpc) is 2.19. The topological polar surface area (TPSA) is 64.4 Å². The van der Waals surface area contributed by atoms with Gasteiger partial charge in [0.1, 0.15) is 0 Å². The summed E-state index contributed by atoms with van der Waals surface area (Å²) in [5.74, 6) is -0.323. The molecule has 3 N–H and O–H groups in total. The third-order valence-electron chi connectivity index (χ3n) is 1.45. The van der Waals surface area contributed by atoms with Gasteiger partial charge >= 0.3 is 0 Å². The van der Waals surface area contributed by atoms with Crippen molar-refractivity contribution < 1.29 is 9.63 Å². The number of carbonyl (C=O) groups is 1. The van der Waals surface area contributed by atoms with Crippen molar-refractivity contribution in [2.45, 2.75) is 6.61 Å². The monoisotopic (exact) mass is 180 g/mol. The molecule has 0 saturated heterocycles. The van der Waals surface area contributed by atoms with E-state index in [9.17, 15) is 4.79 Å². The lowest BCUT2D eigenvalue weighted by molar-refractivity contribution is -0.133. The zero-order valence-corrected chi connectivity index (χ0v) is 7.19. The molecule has 0 aliphatic rings. The molecule has 0 heterocycles. The Morgan fingerprint density at radius 1 is 1.38 bits per heavy atom. The molecular formula is C9H12N2O2. The summed E-state index contributed by atoms with van der Waals surface area (Å²) >= 11 is 0. The molecule has 0 fully saturated rings. The van der Waals surface area contributed by atoms with E-state index >= 15 is 0 Å². The fourth-order valence-corrected chi connectivity index (χ4v) is 0.816. The van der Waals surface area contributed by atoms with Crippen LogP contribution in [0.2, 0.25) is 0 Å². The van der Waals surface area contributed by atoms with Crippen molar-refractivity contribution in [2.75, 3.05) is 6.54 Å². The maximum Gasteiger partial charge on any atom is 0.257 e. The van der Waals surface area contributed by atoms with E-state index in [0.29, 0.717) is 6.61 Å². The van der Waals surface area contributed by atoms with Crippen LogP contribution in [-0.2, 0) is 16.2 Å². The van der Waals surface area contributed by atoms with Gasteiger partial charge in [-0.2, -0.15) is 0 Å². The van der Waals surface area contributed by atoms with Gasteiger partial charge in [0.15, 0.2) is 0 Å². The van der Waals surface area contributed by atoms with Gasteiger partial charge in [-0.05, 0) is 5.56 Å². The van der Waals surface area contributed by atoms with Crippen LogP contribution in [0.3, 0.4) is 0 Å². The van der Waals surface area contributed by atoms with E-state index in [1.807, 2.05) is 30.3 Å². The van der Waals surface area contributed by atoms with Crippen LogP contribution >= 0.6 is 0 Å². The van der Waals surface area contributed by atoms with Gasteiger partial charge in [0.2, 0.25) is 0 Å². The van der Waals surface area contributed by atoms with Gasteiger partial charge in [0, 0.05) is 0 Å². The van der Waals surface area contributed by atoms with Gasteiger partial charge < -0.3 is 5.73 Å². The van der Waals surface area contributed by atoms with E-state index in [0.717, 1.165) is 5.56 Å². The Morgan fingerprint density at radius 2 is 2.08 bits per heavy atom. The van der Waals surface area contributed by atoms with E-state index < -0.39 is 0 Å². The lowest BCUT2D eigenvalue weighted by atomic mass is 10.2. The Bertz CT molecular complexity index is 262. The summed E-state index contributed by atoms with van der Waals surface area (Å²) in [7, 11) is 0. The van der Waals surface area contributed by atoms with Crippen molar-refractivity contribution in [3.8, 4) is 0 Å². The van der Waals surface area contributed by atoms with Crippen LogP contribution in [0.25, 0.3) is 0 Å². The number of hydrogen-bond donors (Lipinski definition) is 2. The number of nitrogens with two attached hydrogens (primary N) is 1. The standard InChI is InChI=1S/C9H12N2O2/c10-6-9(12)11-13-7-8-4-2-1-3-5-8/h1-5H,6-7,10H2,(H,11,12). The lowest BCUT2D eigenvalue weighted by Crippen LogP contribution is -2.30. The van der Waals surface area contributed by atoms with E-state index in [1.165, 1.54) is 0 Å². The minimum absolute atomic E-state index is 0.0607. The highest BCUT2D eigenvalue weighted by Gasteiger charge is 1.96. The Labute approximate surface area is 76.6 Å². The molecule has 1 aromatic carbocycles. The van der Waals surface area contributed by atoms with Gasteiger partial charge in [0.25, 0.3) is 5.91 Å². The number of carbonyl (C=O) groups excluding carboxylic acids is 1. The molecular weight excluding hydrogens is 168 g/mol. The van der Waals surface area contributed by atoms with Crippen LogP contribution in [-0.4, -0.2) is 12.5 Å². The first-order valence-electron chi connectivity index (χ1n) is 3.97. The molecule has 13 heavy (non-hydrogen) atoms. The van der Waals surface area contributed by atoms with E-state index in [4.69, 9.17) is 10.6 Å². The molecule has 4 nitrogen and oxygen atoms in total. The molecule has 1 amide bonds. The minimum Gasteiger partial charge on any atom is -0.322 e. The third kappa shape index (κ3) is 3.68. The first-order chi connectivity index (χ1) is 6.33. The Kier molecular flexibility index (Phi) is 3.95. The second kappa shape index (κ2) is 5.29. The van der Waals surface area contributed by atoms with Crippen molar-refractivity contribution in [2.24, 2.45) is 5.73 Å². The number of benzene rings is 1. The van der Waals surface area contributed by atoms with Crippen LogP contribution in [0.4, 0.5) is 0 Å². The molecule has 4 heteroatoms. The van der Waals surface area contributed by atoms with Crippen molar-refractivity contribution in [3.05, 3.63) is 35.9 Å². The summed E-state index contributed by atoms with van der Waals surface area (Å²) in [6.07, 6.45) is 0. The highest BCUT2D eigenvalue weighted by molar-refractivity contribution is 5.76. The molecule has 0 bridgehead atoms. The lowest BCUT2D eigenvalue weighted by Gasteiger charge is -2.03. The number of rotatable bonds is 4. The smallest absolute Gasteiger partial charge is 0.257 e. The van der Waals surface area contributed by atoms with E-state index in [-0.39, 0.29) is 12.5 Å². The fraction of sp³-hybridized carbons (Fsp3) is 0.222. The third-order valence-corrected chi connectivity index (χ3v) is 1.45. The van der Waals surface area contributed by atoms with Crippen LogP contribution in [0.15, 0.2) is 30.3 Å².